The third-order valence-corrected chi connectivity index (χ3v) is 3.17. The van der Waals surface area contributed by atoms with Gasteiger partial charge in [0.05, 0.1) is 0 Å². The van der Waals surface area contributed by atoms with E-state index in [2.05, 4.69) is 26.0 Å². The van der Waals surface area contributed by atoms with Gasteiger partial charge >= 0.3 is 0 Å². The number of piperidine rings is 1. The number of hydrogen-bond donors (Lipinski definition) is 1. The van der Waals surface area contributed by atoms with Crippen LogP contribution in [0.2, 0.25) is 0 Å². The summed E-state index contributed by atoms with van der Waals surface area (Å²) in [6.07, 6.45) is 5.57. The van der Waals surface area contributed by atoms with E-state index >= 15 is 0 Å². The lowest BCUT2D eigenvalue weighted by Crippen LogP contribution is -2.27. The molecule has 4 heteroatoms. The van der Waals surface area contributed by atoms with Crippen LogP contribution in [0, 0.1) is 5.92 Å². The summed E-state index contributed by atoms with van der Waals surface area (Å²) < 4.78 is 4.55. The van der Waals surface area contributed by atoms with Gasteiger partial charge in [-0.1, -0.05) is 15.9 Å². The Morgan fingerprint density at radius 3 is 2.29 bits per heavy atom. The fraction of sp³-hybridized carbons (Fsp3) is 0.923. The summed E-state index contributed by atoms with van der Waals surface area (Å²) in [5, 5.41) is 4.56. The molecule has 1 aliphatic rings. The minimum Gasteiger partial charge on any atom is -0.462 e. The van der Waals surface area contributed by atoms with Gasteiger partial charge in [-0.25, -0.2) is 0 Å². The molecular formula is C13H26BrNO2. The lowest BCUT2D eigenvalue weighted by atomic mass is 9.94. The van der Waals surface area contributed by atoms with Gasteiger partial charge in [-0.2, -0.15) is 0 Å². The van der Waals surface area contributed by atoms with Crippen molar-refractivity contribution in [2.75, 3.05) is 18.4 Å². The van der Waals surface area contributed by atoms with Crippen LogP contribution < -0.4 is 5.32 Å². The van der Waals surface area contributed by atoms with Crippen molar-refractivity contribution in [2.45, 2.75) is 52.1 Å². The minimum atomic E-state index is -0.318. The van der Waals surface area contributed by atoms with E-state index in [0.29, 0.717) is 6.47 Å². The Labute approximate surface area is 114 Å². The van der Waals surface area contributed by atoms with Gasteiger partial charge in [0.25, 0.3) is 6.47 Å². The Hall–Kier alpha value is -0.0900. The summed E-state index contributed by atoms with van der Waals surface area (Å²) in [7, 11) is 0. The molecule has 1 N–H and O–H groups in total. The maximum absolute atomic E-state index is 9.60. The highest BCUT2D eigenvalue weighted by Gasteiger charge is 2.11. The molecule has 1 heterocycles. The maximum Gasteiger partial charge on any atom is 0.293 e. The first-order valence-corrected chi connectivity index (χ1v) is 7.50. The molecule has 0 spiro atoms. The molecule has 0 aromatic rings. The zero-order valence-electron chi connectivity index (χ0n) is 11.3. The molecular weight excluding hydrogens is 282 g/mol. The van der Waals surface area contributed by atoms with Gasteiger partial charge < -0.3 is 10.1 Å². The van der Waals surface area contributed by atoms with E-state index in [-0.39, 0.29) is 5.60 Å². The third kappa shape index (κ3) is 12.2. The molecule has 0 aliphatic carbocycles. The first-order chi connectivity index (χ1) is 7.99. The van der Waals surface area contributed by atoms with Crippen LogP contribution in [-0.4, -0.2) is 30.5 Å². The Morgan fingerprint density at radius 1 is 1.35 bits per heavy atom. The molecule has 0 saturated carbocycles. The van der Waals surface area contributed by atoms with Crippen LogP contribution in [0.3, 0.4) is 0 Å². The fourth-order valence-corrected chi connectivity index (χ4v) is 2.00. The van der Waals surface area contributed by atoms with Crippen molar-refractivity contribution in [2.24, 2.45) is 5.92 Å². The molecule has 3 nitrogen and oxygen atoms in total. The number of alkyl halides is 1. The zero-order valence-corrected chi connectivity index (χ0v) is 12.9. The van der Waals surface area contributed by atoms with Gasteiger partial charge in [0.1, 0.15) is 5.60 Å². The molecule has 17 heavy (non-hydrogen) atoms. The van der Waals surface area contributed by atoms with Crippen molar-refractivity contribution >= 4 is 22.4 Å². The highest BCUT2D eigenvalue weighted by molar-refractivity contribution is 9.09. The number of rotatable bonds is 4. The second-order valence-electron chi connectivity index (χ2n) is 5.35. The Bertz CT molecular complexity index is 186. The molecule has 0 unspecified atom stereocenters. The summed E-state index contributed by atoms with van der Waals surface area (Å²) in [5.41, 5.74) is -0.318. The Kier molecular flexibility index (Phi) is 9.84. The van der Waals surface area contributed by atoms with Gasteiger partial charge in [0.15, 0.2) is 0 Å². The molecule has 1 rings (SSSR count). The van der Waals surface area contributed by atoms with Gasteiger partial charge in [-0.3, -0.25) is 4.79 Å². The molecule has 0 atom stereocenters. The van der Waals surface area contributed by atoms with E-state index in [1.807, 2.05) is 20.8 Å². The van der Waals surface area contributed by atoms with Crippen molar-refractivity contribution < 1.29 is 9.53 Å². The standard InChI is InChI=1S/C8H16BrN.C5H10O2/c9-5-1-2-8-3-6-10-7-4-8;1-5(2,3)7-4-6/h8,10H,1-7H2;4H,1-3H3. The summed E-state index contributed by atoms with van der Waals surface area (Å²) in [6, 6.07) is 0. The van der Waals surface area contributed by atoms with Crippen LogP contribution in [0.4, 0.5) is 0 Å². The quantitative estimate of drug-likeness (QED) is 0.640. The molecule has 0 aromatic carbocycles. The molecule has 0 radical (unpaired) electrons. The highest BCUT2D eigenvalue weighted by atomic mass is 79.9. The summed E-state index contributed by atoms with van der Waals surface area (Å²) in [5.74, 6) is 1.01. The van der Waals surface area contributed by atoms with Gasteiger partial charge in [-0.15, -0.1) is 0 Å². The predicted molar refractivity (Wildman–Crippen MR) is 75.5 cm³/mol. The van der Waals surface area contributed by atoms with E-state index in [4.69, 9.17) is 0 Å². The molecule has 0 bridgehead atoms. The van der Waals surface area contributed by atoms with E-state index < -0.39 is 0 Å². The number of carbonyl (C=O) groups is 1. The molecule has 1 fully saturated rings. The molecule has 0 aromatic heterocycles. The summed E-state index contributed by atoms with van der Waals surface area (Å²) in [4.78, 5) is 9.60. The lowest BCUT2D eigenvalue weighted by molar-refractivity contribution is -0.138. The third-order valence-electron chi connectivity index (χ3n) is 2.61. The van der Waals surface area contributed by atoms with Crippen LogP contribution in [0.15, 0.2) is 0 Å². The average molecular weight is 308 g/mol. The zero-order chi connectivity index (χ0) is 13.1. The fourth-order valence-electron chi connectivity index (χ4n) is 1.68. The van der Waals surface area contributed by atoms with E-state index in [1.165, 1.54) is 44.1 Å². The van der Waals surface area contributed by atoms with Crippen molar-refractivity contribution in [3.63, 3.8) is 0 Å². The number of carbonyl (C=O) groups excluding carboxylic acids is 1. The highest BCUT2D eigenvalue weighted by Crippen LogP contribution is 2.17. The van der Waals surface area contributed by atoms with E-state index in [1.54, 1.807) is 0 Å². The molecule has 1 aliphatic heterocycles. The summed E-state index contributed by atoms with van der Waals surface area (Å²) >= 11 is 3.46. The summed E-state index contributed by atoms with van der Waals surface area (Å²) in [6.45, 7) is 8.41. The molecule has 102 valence electrons. The lowest BCUT2D eigenvalue weighted by Gasteiger charge is -2.21. The maximum atomic E-state index is 9.60. The first-order valence-electron chi connectivity index (χ1n) is 6.37. The number of ether oxygens (including phenoxy) is 1. The van der Waals surface area contributed by atoms with E-state index in [9.17, 15) is 4.79 Å². The van der Waals surface area contributed by atoms with Crippen molar-refractivity contribution in [3.8, 4) is 0 Å². The second kappa shape index (κ2) is 9.89. The van der Waals surface area contributed by atoms with Crippen LogP contribution in [0.1, 0.15) is 46.5 Å². The Balaban J connectivity index is 0.000000325. The average Bonchev–Trinajstić information content (AvgIpc) is 2.27. The number of hydrogen-bond acceptors (Lipinski definition) is 3. The smallest absolute Gasteiger partial charge is 0.293 e. The van der Waals surface area contributed by atoms with Crippen molar-refractivity contribution in [1.29, 1.82) is 0 Å². The second-order valence-corrected chi connectivity index (χ2v) is 6.14. The van der Waals surface area contributed by atoms with Gasteiger partial charge in [0.2, 0.25) is 0 Å². The van der Waals surface area contributed by atoms with Gasteiger partial charge in [-0.05, 0) is 65.5 Å². The van der Waals surface area contributed by atoms with Crippen molar-refractivity contribution in [3.05, 3.63) is 0 Å². The number of nitrogens with one attached hydrogen (secondary N) is 1. The topological polar surface area (TPSA) is 38.3 Å². The van der Waals surface area contributed by atoms with Crippen molar-refractivity contribution in [1.82, 2.24) is 5.32 Å². The number of halogens is 1. The van der Waals surface area contributed by atoms with Crippen LogP contribution >= 0.6 is 15.9 Å². The van der Waals surface area contributed by atoms with Crippen LogP contribution in [0.5, 0.6) is 0 Å². The largest absolute Gasteiger partial charge is 0.462 e. The first kappa shape index (κ1) is 16.9. The Morgan fingerprint density at radius 2 is 1.94 bits per heavy atom. The minimum absolute atomic E-state index is 0.318. The van der Waals surface area contributed by atoms with Crippen LogP contribution in [-0.2, 0) is 9.53 Å². The molecule has 1 saturated heterocycles. The van der Waals surface area contributed by atoms with Gasteiger partial charge in [0, 0.05) is 5.33 Å². The molecule has 0 amide bonds. The predicted octanol–water partition coefficient (Wildman–Crippen LogP) is 3.12. The van der Waals surface area contributed by atoms with Crippen LogP contribution in [0.25, 0.3) is 0 Å². The SMILES string of the molecule is BrCCCC1CCNCC1.CC(C)(C)OC=O. The normalized spacial score (nSPS) is 16.9. The monoisotopic (exact) mass is 307 g/mol. The van der Waals surface area contributed by atoms with E-state index in [0.717, 1.165) is 5.92 Å².